The average molecular weight is 179 g/mol. The number of anilines is 1. The van der Waals surface area contributed by atoms with Gasteiger partial charge in [0.05, 0.1) is 0 Å². The predicted octanol–water partition coefficient (Wildman–Crippen LogP) is 2.69. The van der Waals surface area contributed by atoms with E-state index < -0.39 is 6.17 Å². The van der Waals surface area contributed by atoms with E-state index in [-0.39, 0.29) is 0 Å². The van der Waals surface area contributed by atoms with Gasteiger partial charge >= 0.3 is 0 Å². The molecule has 0 radical (unpaired) electrons. The molecule has 1 N–H and O–H groups in total. The SMILES string of the molecule is Cc1ccc2c(c1)NCC(F)CC2. The molecule has 0 amide bonds. The fourth-order valence-corrected chi connectivity index (χ4v) is 1.71. The second kappa shape index (κ2) is 3.36. The summed E-state index contributed by atoms with van der Waals surface area (Å²) < 4.78 is 13.0. The van der Waals surface area contributed by atoms with Crippen molar-refractivity contribution in [3.63, 3.8) is 0 Å². The molecule has 0 fully saturated rings. The van der Waals surface area contributed by atoms with E-state index in [1.807, 2.05) is 0 Å². The highest BCUT2D eigenvalue weighted by Crippen LogP contribution is 2.23. The van der Waals surface area contributed by atoms with Crippen molar-refractivity contribution >= 4 is 5.69 Å². The summed E-state index contributed by atoms with van der Waals surface area (Å²) >= 11 is 0. The predicted molar refractivity (Wildman–Crippen MR) is 52.9 cm³/mol. The van der Waals surface area contributed by atoms with Crippen molar-refractivity contribution < 1.29 is 4.39 Å². The number of hydrogen-bond donors (Lipinski definition) is 1. The zero-order valence-corrected chi connectivity index (χ0v) is 7.81. The van der Waals surface area contributed by atoms with Crippen LogP contribution in [0.5, 0.6) is 0 Å². The number of hydrogen-bond acceptors (Lipinski definition) is 1. The van der Waals surface area contributed by atoms with Crippen molar-refractivity contribution in [1.29, 1.82) is 0 Å². The maximum Gasteiger partial charge on any atom is 0.118 e. The zero-order chi connectivity index (χ0) is 9.26. The van der Waals surface area contributed by atoms with E-state index in [2.05, 4.69) is 30.4 Å². The number of halogens is 1. The number of nitrogens with one attached hydrogen (secondary N) is 1. The Kier molecular flexibility index (Phi) is 2.21. The van der Waals surface area contributed by atoms with E-state index in [0.29, 0.717) is 13.0 Å². The van der Waals surface area contributed by atoms with E-state index in [4.69, 9.17) is 0 Å². The first-order valence-corrected chi connectivity index (χ1v) is 4.73. The molecule has 1 aromatic rings. The van der Waals surface area contributed by atoms with Crippen LogP contribution in [0.4, 0.5) is 10.1 Å². The van der Waals surface area contributed by atoms with Gasteiger partial charge in [0, 0.05) is 12.2 Å². The molecule has 2 heteroatoms. The fraction of sp³-hybridized carbons (Fsp3) is 0.455. The van der Waals surface area contributed by atoms with Crippen molar-refractivity contribution in [2.75, 3.05) is 11.9 Å². The van der Waals surface area contributed by atoms with Crippen molar-refractivity contribution in [3.05, 3.63) is 29.3 Å². The Morgan fingerprint density at radius 3 is 3.15 bits per heavy atom. The third kappa shape index (κ3) is 1.82. The van der Waals surface area contributed by atoms with E-state index in [1.165, 1.54) is 11.1 Å². The summed E-state index contributed by atoms with van der Waals surface area (Å²) in [4.78, 5) is 0. The quantitative estimate of drug-likeness (QED) is 0.645. The third-order valence-corrected chi connectivity index (χ3v) is 2.51. The topological polar surface area (TPSA) is 12.0 Å². The Bertz CT molecular complexity index is 309. The van der Waals surface area contributed by atoms with Gasteiger partial charge in [-0.05, 0) is 37.0 Å². The molecular formula is C11H14FN. The largest absolute Gasteiger partial charge is 0.382 e. The van der Waals surface area contributed by atoms with E-state index in [0.717, 1.165) is 12.1 Å². The number of benzene rings is 1. The molecule has 0 aliphatic carbocycles. The highest BCUT2D eigenvalue weighted by atomic mass is 19.1. The van der Waals surface area contributed by atoms with Crippen LogP contribution in [0.3, 0.4) is 0 Å². The van der Waals surface area contributed by atoms with Crippen molar-refractivity contribution in [2.24, 2.45) is 0 Å². The minimum atomic E-state index is -0.701. The Balaban J connectivity index is 2.30. The van der Waals surface area contributed by atoms with Gasteiger partial charge in [-0.2, -0.15) is 0 Å². The molecule has 0 saturated carbocycles. The molecule has 1 aromatic carbocycles. The minimum Gasteiger partial charge on any atom is -0.382 e. The lowest BCUT2D eigenvalue weighted by Gasteiger charge is -2.07. The summed E-state index contributed by atoms with van der Waals surface area (Å²) in [6.45, 7) is 2.51. The smallest absolute Gasteiger partial charge is 0.118 e. The molecule has 0 spiro atoms. The van der Waals surface area contributed by atoms with E-state index in [1.54, 1.807) is 0 Å². The maximum atomic E-state index is 13.0. The van der Waals surface area contributed by atoms with Crippen LogP contribution >= 0.6 is 0 Å². The molecule has 13 heavy (non-hydrogen) atoms. The molecule has 0 aromatic heterocycles. The van der Waals surface area contributed by atoms with Crippen molar-refractivity contribution in [2.45, 2.75) is 25.9 Å². The summed E-state index contributed by atoms with van der Waals surface area (Å²) in [6.07, 6.45) is 0.792. The Hall–Kier alpha value is -1.05. The zero-order valence-electron chi connectivity index (χ0n) is 7.81. The normalized spacial score (nSPS) is 21.5. The number of aryl methyl sites for hydroxylation is 2. The third-order valence-electron chi connectivity index (χ3n) is 2.51. The highest BCUT2D eigenvalue weighted by Gasteiger charge is 2.13. The molecule has 1 heterocycles. The number of alkyl halides is 1. The van der Waals surface area contributed by atoms with Crippen LogP contribution < -0.4 is 5.32 Å². The van der Waals surface area contributed by atoms with Crippen LogP contribution in [-0.2, 0) is 6.42 Å². The summed E-state index contributed by atoms with van der Waals surface area (Å²) in [5.41, 5.74) is 3.58. The lowest BCUT2D eigenvalue weighted by molar-refractivity contribution is 0.333. The van der Waals surface area contributed by atoms with Gasteiger partial charge in [-0.3, -0.25) is 0 Å². The van der Waals surface area contributed by atoms with Crippen LogP contribution in [0.1, 0.15) is 17.5 Å². The van der Waals surface area contributed by atoms with Gasteiger partial charge < -0.3 is 5.32 Å². The van der Waals surface area contributed by atoms with Crippen LogP contribution in [0.15, 0.2) is 18.2 Å². The summed E-state index contributed by atoms with van der Waals surface area (Å²) in [6, 6.07) is 6.27. The van der Waals surface area contributed by atoms with E-state index in [9.17, 15) is 4.39 Å². The van der Waals surface area contributed by atoms with Gasteiger partial charge in [-0.15, -0.1) is 0 Å². The number of rotatable bonds is 0. The standard InChI is InChI=1S/C11H14FN/c1-8-2-3-9-4-5-10(12)7-13-11(9)6-8/h2-3,6,10,13H,4-5,7H2,1H3. The molecule has 0 saturated heterocycles. The molecule has 70 valence electrons. The van der Waals surface area contributed by atoms with Crippen LogP contribution in [-0.4, -0.2) is 12.7 Å². The lowest BCUT2D eigenvalue weighted by Crippen LogP contribution is -2.12. The molecule has 1 atom stereocenters. The van der Waals surface area contributed by atoms with Gasteiger partial charge in [0.1, 0.15) is 6.17 Å². The molecular weight excluding hydrogens is 165 g/mol. The minimum absolute atomic E-state index is 0.455. The number of fused-ring (bicyclic) bond motifs is 1. The Labute approximate surface area is 78.0 Å². The molecule has 2 rings (SSSR count). The first-order valence-electron chi connectivity index (χ1n) is 4.73. The molecule has 1 nitrogen and oxygen atoms in total. The van der Waals surface area contributed by atoms with Gasteiger partial charge in [-0.25, -0.2) is 4.39 Å². The second-order valence-corrected chi connectivity index (χ2v) is 3.68. The molecule has 0 bridgehead atoms. The van der Waals surface area contributed by atoms with Gasteiger partial charge in [0.25, 0.3) is 0 Å². The summed E-state index contributed by atoms with van der Waals surface area (Å²) in [5.74, 6) is 0. The van der Waals surface area contributed by atoms with E-state index >= 15 is 0 Å². The summed E-state index contributed by atoms with van der Waals surface area (Å²) in [7, 11) is 0. The highest BCUT2D eigenvalue weighted by molar-refractivity contribution is 5.54. The second-order valence-electron chi connectivity index (χ2n) is 3.68. The van der Waals surface area contributed by atoms with Gasteiger partial charge in [0.15, 0.2) is 0 Å². The Morgan fingerprint density at radius 1 is 1.46 bits per heavy atom. The van der Waals surface area contributed by atoms with Gasteiger partial charge in [0.2, 0.25) is 0 Å². The van der Waals surface area contributed by atoms with Crippen molar-refractivity contribution in [3.8, 4) is 0 Å². The van der Waals surface area contributed by atoms with Crippen molar-refractivity contribution in [1.82, 2.24) is 0 Å². The van der Waals surface area contributed by atoms with Crippen LogP contribution in [0.2, 0.25) is 0 Å². The molecule has 1 unspecified atom stereocenters. The van der Waals surface area contributed by atoms with Crippen LogP contribution in [0, 0.1) is 6.92 Å². The lowest BCUT2D eigenvalue weighted by atomic mass is 10.1. The van der Waals surface area contributed by atoms with Gasteiger partial charge in [-0.1, -0.05) is 12.1 Å². The summed E-state index contributed by atoms with van der Waals surface area (Å²) in [5, 5.41) is 3.14. The van der Waals surface area contributed by atoms with Crippen LogP contribution in [0.25, 0.3) is 0 Å². The monoisotopic (exact) mass is 179 g/mol. The first kappa shape index (κ1) is 8.54. The Morgan fingerprint density at radius 2 is 2.31 bits per heavy atom. The fourth-order valence-electron chi connectivity index (χ4n) is 1.71. The first-order chi connectivity index (χ1) is 6.25. The molecule has 1 aliphatic heterocycles. The molecule has 1 aliphatic rings. The average Bonchev–Trinajstić information content (AvgIpc) is 2.29. The maximum absolute atomic E-state index is 13.0.